The number of halogens is 1. The lowest BCUT2D eigenvalue weighted by Crippen LogP contribution is -2.54. The molecule has 1 saturated heterocycles. The average Bonchev–Trinajstić information content (AvgIpc) is 3.20. The number of rotatable bonds is 5. The lowest BCUT2D eigenvalue weighted by molar-refractivity contribution is -0.137. The van der Waals surface area contributed by atoms with Gasteiger partial charge < -0.3 is 9.88 Å². The minimum absolute atomic E-state index is 0.203. The zero-order chi connectivity index (χ0) is 14.9. The number of nitrogens with one attached hydrogen (secondary N) is 1. The first kappa shape index (κ1) is 14.6. The van der Waals surface area contributed by atoms with E-state index in [1.54, 1.807) is 0 Å². The van der Waals surface area contributed by atoms with Crippen molar-refractivity contribution in [2.45, 2.75) is 37.9 Å². The summed E-state index contributed by atoms with van der Waals surface area (Å²) in [6.07, 6.45) is 5.40. The summed E-state index contributed by atoms with van der Waals surface area (Å²) in [6.45, 7) is 2.40. The van der Waals surface area contributed by atoms with Crippen LogP contribution in [0.5, 0.6) is 0 Å². The molecule has 0 bridgehead atoms. The van der Waals surface area contributed by atoms with Crippen LogP contribution in [0.3, 0.4) is 0 Å². The first-order valence-corrected chi connectivity index (χ1v) is 7.87. The average molecular weight is 293 g/mol. The highest BCUT2D eigenvalue weighted by atomic mass is 19.1. The van der Waals surface area contributed by atoms with E-state index in [0.717, 1.165) is 18.7 Å². The highest BCUT2D eigenvalue weighted by Crippen LogP contribution is 2.30. The van der Waals surface area contributed by atoms with Crippen LogP contribution in [0.2, 0.25) is 0 Å². The third kappa shape index (κ3) is 3.46. The zero-order valence-corrected chi connectivity index (χ0v) is 12.6. The largest absolute Gasteiger partial charge is 0.353 e. The van der Waals surface area contributed by atoms with Crippen molar-refractivity contribution in [3.8, 4) is 0 Å². The van der Waals surface area contributed by atoms with E-state index in [9.17, 15) is 9.18 Å². The SMILES string of the molecule is Cn1cccc1CN1CCCC(F)(C(=O)NCC2CC2)C1. The fourth-order valence-corrected chi connectivity index (χ4v) is 3.02. The lowest BCUT2D eigenvalue weighted by Gasteiger charge is -2.36. The number of nitrogens with zero attached hydrogens (tertiary/aromatic N) is 2. The van der Waals surface area contributed by atoms with Crippen molar-refractivity contribution < 1.29 is 9.18 Å². The molecule has 1 amide bonds. The predicted octanol–water partition coefficient (Wildman–Crippen LogP) is 1.86. The van der Waals surface area contributed by atoms with Gasteiger partial charge in [-0.15, -0.1) is 0 Å². The third-order valence-corrected chi connectivity index (χ3v) is 4.61. The van der Waals surface area contributed by atoms with Gasteiger partial charge in [-0.1, -0.05) is 0 Å². The molecule has 116 valence electrons. The van der Waals surface area contributed by atoms with E-state index in [0.29, 0.717) is 25.4 Å². The van der Waals surface area contributed by atoms with E-state index in [-0.39, 0.29) is 6.54 Å². The molecule has 1 aromatic rings. The predicted molar refractivity (Wildman–Crippen MR) is 79.5 cm³/mol. The minimum atomic E-state index is -1.72. The van der Waals surface area contributed by atoms with Crippen molar-refractivity contribution in [1.82, 2.24) is 14.8 Å². The van der Waals surface area contributed by atoms with Crippen LogP contribution < -0.4 is 5.32 Å². The van der Waals surface area contributed by atoms with Gasteiger partial charge in [0.15, 0.2) is 0 Å². The molecular weight excluding hydrogens is 269 g/mol. The number of carbonyl (C=O) groups excluding carboxylic acids is 1. The van der Waals surface area contributed by atoms with E-state index < -0.39 is 11.6 Å². The number of hydrogen-bond donors (Lipinski definition) is 1. The number of aryl methyl sites for hydroxylation is 1. The number of hydrogen-bond acceptors (Lipinski definition) is 2. The van der Waals surface area contributed by atoms with Crippen LogP contribution in [0, 0.1) is 5.92 Å². The fraction of sp³-hybridized carbons (Fsp3) is 0.688. The molecule has 1 aliphatic carbocycles. The Bertz CT molecular complexity index is 511. The Labute approximate surface area is 125 Å². The molecular formula is C16H24FN3O. The van der Waals surface area contributed by atoms with Gasteiger partial charge in [0, 0.05) is 38.6 Å². The maximum Gasteiger partial charge on any atom is 0.259 e. The molecule has 0 spiro atoms. The van der Waals surface area contributed by atoms with Crippen LogP contribution in [0.1, 0.15) is 31.4 Å². The molecule has 3 rings (SSSR count). The summed E-state index contributed by atoms with van der Waals surface area (Å²) in [5.41, 5.74) is -0.573. The number of piperidine rings is 1. The Morgan fingerprint density at radius 1 is 1.52 bits per heavy atom. The fourth-order valence-electron chi connectivity index (χ4n) is 3.02. The van der Waals surface area contributed by atoms with Gasteiger partial charge in [0.1, 0.15) is 0 Å². The Kier molecular flexibility index (Phi) is 4.02. The van der Waals surface area contributed by atoms with Gasteiger partial charge in [0.2, 0.25) is 5.67 Å². The Morgan fingerprint density at radius 2 is 2.33 bits per heavy atom. The van der Waals surface area contributed by atoms with Gasteiger partial charge in [0.05, 0.1) is 0 Å². The van der Waals surface area contributed by atoms with E-state index in [1.807, 2.05) is 29.9 Å². The highest BCUT2D eigenvalue weighted by molar-refractivity contribution is 5.85. The topological polar surface area (TPSA) is 37.3 Å². The van der Waals surface area contributed by atoms with Gasteiger partial charge >= 0.3 is 0 Å². The summed E-state index contributed by atoms with van der Waals surface area (Å²) in [4.78, 5) is 14.2. The summed E-state index contributed by atoms with van der Waals surface area (Å²) in [5, 5.41) is 2.80. The third-order valence-electron chi connectivity index (χ3n) is 4.61. The highest BCUT2D eigenvalue weighted by Gasteiger charge is 2.43. The van der Waals surface area contributed by atoms with Gasteiger partial charge in [-0.05, 0) is 50.3 Å². The number of likely N-dealkylation sites (tertiary alicyclic amines) is 1. The van der Waals surface area contributed by atoms with Gasteiger partial charge in [-0.2, -0.15) is 0 Å². The summed E-state index contributed by atoms with van der Waals surface area (Å²) in [6, 6.07) is 4.03. The number of carbonyl (C=O) groups is 1. The van der Waals surface area contributed by atoms with Crippen LogP contribution in [0.15, 0.2) is 18.3 Å². The quantitative estimate of drug-likeness (QED) is 0.899. The number of amides is 1. The maximum atomic E-state index is 15.0. The summed E-state index contributed by atoms with van der Waals surface area (Å²) < 4.78 is 17.0. The molecule has 2 fully saturated rings. The molecule has 0 aromatic carbocycles. The van der Waals surface area contributed by atoms with E-state index in [2.05, 4.69) is 10.2 Å². The van der Waals surface area contributed by atoms with Crippen LogP contribution in [0.4, 0.5) is 4.39 Å². The first-order chi connectivity index (χ1) is 10.1. The minimum Gasteiger partial charge on any atom is -0.353 e. The first-order valence-electron chi connectivity index (χ1n) is 7.87. The molecule has 1 N–H and O–H groups in total. The zero-order valence-electron chi connectivity index (χ0n) is 12.6. The molecule has 1 aromatic heterocycles. The van der Waals surface area contributed by atoms with Gasteiger partial charge in [-0.3, -0.25) is 9.69 Å². The van der Waals surface area contributed by atoms with Crippen molar-refractivity contribution >= 4 is 5.91 Å². The Hall–Kier alpha value is -1.36. The summed E-state index contributed by atoms with van der Waals surface area (Å²) in [7, 11) is 1.99. The molecule has 4 nitrogen and oxygen atoms in total. The second-order valence-corrected chi connectivity index (χ2v) is 6.54. The maximum absolute atomic E-state index is 15.0. The lowest BCUT2D eigenvalue weighted by atomic mass is 9.93. The molecule has 0 radical (unpaired) electrons. The van der Waals surface area contributed by atoms with Gasteiger partial charge in [0.25, 0.3) is 5.91 Å². The standard InChI is InChI=1S/C16H24FN3O/c1-19-8-2-4-14(19)11-20-9-3-7-16(17,12-20)15(21)18-10-13-5-6-13/h2,4,8,13H,3,5-7,9-12H2,1H3,(H,18,21). The van der Waals surface area contributed by atoms with Crippen LogP contribution in [-0.4, -0.2) is 40.7 Å². The number of alkyl halides is 1. The normalized spacial score (nSPS) is 26.8. The summed E-state index contributed by atoms with van der Waals surface area (Å²) >= 11 is 0. The molecule has 1 atom stereocenters. The van der Waals surface area contributed by atoms with Crippen LogP contribution in [-0.2, 0) is 18.4 Å². The van der Waals surface area contributed by atoms with Crippen molar-refractivity contribution in [2.24, 2.45) is 13.0 Å². The molecule has 2 heterocycles. The Morgan fingerprint density at radius 3 is 3.00 bits per heavy atom. The summed E-state index contributed by atoms with van der Waals surface area (Å²) in [5.74, 6) is 0.173. The molecule has 2 aliphatic rings. The Balaban J connectivity index is 1.58. The van der Waals surface area contributed by atoms with Crippen molar-refractivity contribution in [3.63, 3.8) is 0 Å². The molecule has 1 aliphatic heterocycles. The van der Waals surface area contributed by atoms with Crippen molar-refractivity contribution in [3.05, 3.63) is 24.0 Å². The second kappa shape index (κ2) is 5.79. The van der Waals surface area contributed by atoms with E-state index >= 15 is 0 Å². The van der Waals surface area contributed by atoms with Gasteiger partial charge in [-0.25, -0.2) is 4.39 Å². The molecule has 1 unspecified atom stereocenters. The molecule has 1 saturated carbocycles. The van der Waals surface area contributed by atoms with Crippen LogP contribution >= 0.6 is 0 Å². The number of aromatic nitrogens is 1. The molecule has 21 heavy (non-hydrogen) atoms. The van der Waals surface area contributed by atoms with Crippen molar-refractivity contribution in [1.29, 1.82) is 0 Å². The van der Waals surface area contributed by atoms with Crippen LogP contribution in [0.25, 0.3) is 0 Å². The monoisotopic (exact) mass is 293 g/mol. The van der Waals surface area contributed by atoms with Crippen molar-refractivity contribution in [2.75, 3.05) is 19.6 Å². The van der Waals surface area contributed by atoms with E-state index in [4.69, 9.17) is 0 Å². The smallest absolute Gasteiger partial charge is 0.259 e. The second-order valence-electron chi connectivity index (χ2n) is 6.54. The van der Waals surface area contributed by atoms with E-state index in [1.165, 1.54) is 12.8 Å². The molecule has 5 heteroatoms.